The van der Waals surface area contributed by atoms with E-state index in [0.717, 1.165) is 0 Å². The second kappa shape index (κ2) is 22.5. The SMILES string of the molecule is O=[Si]([O-])[O-].[K+].[K+].[O]=[Ti]=[O]. The fraction of sp³-hybridized carbons (Fsp3) is 0. The zero-order chi connectivity index (χ0) is 6.28. The summed E-state index contributed by atoms with van der Waals surface area (Å²) in [5.74, 6) is 0. The Morgan fingerprint density at radius 3 is 1.11 bits per heavy atom. The molecule has 9 heteroatoms. The summed E-state index contributed by atoms with van der Waals surface area (Å²) in [5, 5.41) is 0. The van der Waals surface area contributed by atoms with Crippen molar-refractivity contribution < 1.29 is 143 Å². The standard InChI is InChI=1S/2K.O3Si.2O.Ti/c;;1-4(2)3;;;/q2*+1;-2;;;. The summed E-state index contributed by atoms with van der Waals surface area (Å²) in [6.45, 7) is 0. The van der Waals surface area contributed by atoms with Gasteiger partial charge in [-0.1, -0.05) is 0 Å². The van der Waals surface area contributed by atoms with Crippen LogP contribution in [0.1, 0.15) is 0 Å². The molecular weight excluding hydrogens is 234 g/mol. The van der Waals surface area contributed by atoms with Crippen molar-refractivity contribution >= 4 is 9.17 Å². The number of hydrogen-bond donors (Lipinski definition) is 0. The van der Waals surface area contributed by atoms with Gasteiger partial charge in [-0.25, -0.2) is 0 Å². The average Bonchev–Trinajstić information content (AvgIpc) is 1.33. The van der Waals surface area contributed by atoms with Gasteiger partial charge in [-0.05, 0) is 0 Å². The van der Waals surface area contributed by atoms with Crippen LogP contribution < -0.4 is 112 Å². The molecule has 0 aliphatic rings. The Morgan fingerprint density at radius 1 is 1.11 bits per heavy atom. The Hall–Kier alpha value is 3.20. The first-order valence-corrected chi connectivity index (χ1v) is 3.52. The van der Waals surface area contributed by atoms with Gasteiger partial charge >= 0.3 is 129 Å². The second-order valence-corrected chi connectivity index (χ2v) is 1.09. The van der Waals surface area contributed by atoms with Crippen molar-refractivity contribution in [3.8, 4) is 0 Å². The number of rotatable bonds is 0. The Balaban J connectivity index is -0.0000000233. The van der Waals surface area contributed by atoms with Crippen molar-refractivity contribution in [3.05, 3.63) is 0 Å². The molecule has 0 aromatic heterocycles. The molecule has 0 aliphatic carbocycles. The molecule has 40 valence electrons. The quantitative estimate of drug-likeness (QED) is 0.388. The van der Waals surface area contributed by atoms with E-state index in [4.69, 9.17) is 20.7 Å². The molecule has 0 aromatic carbocycles. The van der Waals surface area contributed by atoms with E-state index in [9.17, 15) is 0 Å². The predicted molar refractivity (Wildman–Crippen MR) is 7.81 cm³/mol. The molecule has 0 radical (unpaired) electrons. The Morgan fingerprint density at radius 2 is 1.11 bits per heavy atom. The van der Waals surface area contributed by atoms with Gasteiger partial charge in [-0.2, -0.15) is 0 Å². The van der Waals surface area contributed by atoms with Gasteiger partial charge in [0.05, 0.1) is 0 Å². The van der Waals surface area contributed by atoms with Gasteiger partial charge in [0.25, 0.3) is 0 Å². The van der Waals surface area contributed by atoms with Crippen LogP contribution in [0.2, 0.25) is 0 Å². The van der Waals surface area contributed by atoms with E-state index in [1.807, 2.05) is 0 Å². The summed E-state index contributed by atoms with van der Waals surface area (Å²) >= 11 is -2.00. The summed E-state index contributed by atoms with van der Waals surface area (Å²) in [6, 6.07) is 0. The molecule has 0 fully saturated rings. The molecule has 0 aromatic rings. The maximum atomic E-state index is 8.52. The third-order valence-corrected chi connectivity index (χ3v) is 0. The molecule has 0 heterocycles. The molecule has 0 amide bonds. The summed E-state index contributed by atoms with van der Waals surface area (Å²) in [4.78, 5) is 17.0. The Kier molecular flexibility index (Phi) is 56.8. The first kappa shape index (κ1) is 22.8. The summed E-state index contributed by atoms with van der Waals surface area (Å²) in [5.41, 5.74) is 0. The molecule has 0 saturated carbocycles. The van der Waals surface area contributed by atoms with Crippen LogP contribution in [0.5, 0.6) is 0 Å². The van der Waals surface area contributed by atoms with Gasteiger partial charge in [-0.3, -0.25) is 0 Å². The van der Waals surface area contributed by atoms with Gasteiger partial charge in [-0.15, -0.1) is 0 Å². The van der Waals surface area contributed by atoms with E-state index in [-0.39, 0.29) is 103 Å². The first-order valence-electron chi connectivity index (χ1n) is 1.02. The zero-order valence-corrected chi connectivity index (χ0v) is 13.8. The third kappa shape index (κ3) is 92.5. The van der Waals surface area contributed by atoms with Crippen LogP contribution in [0.15, 0.2) is 0 Å². The number of hydrogen-bond acceptors (Lipinski definition) is 5. The zero-order valence-electron chi connectivity index (χ0n) is 5.04. The van der Waals surface area contributed by atoms with Crippen molar-refractivity contribution in [2.24, 2.45) is 0 Å². The van der Waals surface area contributed by atoms with Crippen LogP contribution in [-0.2, 0) is 30.2 Å². The predicted octanol–water partition coefficient (Wildman–Crippen LogP) is -9.11. The molecule has 0 aliphatic heterocycles. The molecule has 0 rings (SSSR count). The van der Waals surface area contributed by atoms with Gasteiger partial charge < -0.3 is 14.1 Å². The van der Waals surface area contributed by atoms with E-state index in [1.54, 1.807) is 0 Å². The fourth-order valence-electron chi connectivity index (χ4n) is 0. The average molecular weight is 234 g/mol. The fourth-order valence-corrected chi connectivity index (χ4v) is 0. The van der Waals surface area contributed by atoms with Crippen molar-refractivity contribution in [2.45, 2.75) is 0 Å². The van der Waals surface area contributed by atoms with Gasteiger partial charge in [0.1, 0.15) is 0 Å². The van der Waals surface area contributed by atoms with Gasteiger partial charge in [0.15, 0.2) is 0 Å². The molecule has 0 bridgehead atoms. The monoisotopic (exact) mass is 234 g/mol. The van der Waals surface area contributed by atoms with Crippen LogP contribution in [-0.4, -0.2) is 9.17 Å². The molecule has 0 saturated heterocycles. The molecule has 0 spiro atoms. The minimum atomic E-state index is -3.63. The van der Waals surface area contributed by atoms with Gasteiger partial charge in [0.2, 0.25) is 0 Å². The van der Waals surface area contributed by atoms with E-state index in [2.05, 4.69) is 0 Å². The van der Waals surface area contributed by atoms with E-state index < -0.39 is 28.3 Å². The summed E-state index contributed by atoms with van der Waals surface area (Å²) in [7, 11) is -3.63. The molecule has 0 unspecified atom stereocenters. The minimum absolute atomic E-state index is 0. The van der Waals surface area contributed by atoms with Crippen LogP contribution in [0, 0.1) is 0 Å². The van der Waals surface area contributed by atoms with Crippen LogP contribution in [0.3, 0.4) is 0 Å². The normalized spacial score (nSPS) is 3.56. The van der Waals surface area contributed by atoms with Crippen molar-refractivity contribution in [3.63, 3.8) is 0 Å². The second-order valence-electron chi connectivity index (χ2n) is 0.333. The van der Waals surface area contributed by atoms with Crippen LogP contribution >= 0.6 is 0 Å². The Labute approximate surface area is 147 Å². The summed E-state index contributed by atoms with van der Waals surface area (Å²) < 4.78 is 25.5. The first-order chi connectivity index (χ1) is 3.15. The van der Waals surface area contributed by atoms with Gasteiger partial charge in [0, 0.05) is 9.17 Å². The van der Waals surface area contributed by atoms with E-state index in [0.29, 0.717) is 0 Å². The topological polar surface area (TPSA) is 97.3 Å². The summed E-state index contributed by atoms with van der Waals surface area (Å²) in [6.07, 6.45) is 0. The van der Waals surface area contributed by atoms with Crippen LogP contribution in [0.4, 0.5) is 0 Å². The van der Waals surface area contributed by atoms with E-state index in [1.165, 1.54) is 0 Å². The maximum absolute atomic E-state index is 8.52. The molecule has 5 nitrogen and oxygen atoms in total. The molecule has 0 N–H and O–H groups in total. The van der Waals surface area contributed by atoms with Crippen molar-refractivity contribution in [1.82, 2.24) is 0 Å². The molecule has 9 heavy (non-hydrogen) atoms. The van der Waals surface area contributed by atoms with Crippen molar-refractivity contribution in [1.29, 1.82) is 0 Å². The van der Waals surface area contributed by atoms with Crippen LogP contribution in [0.25, 0.3) is 0 Å². The third-order valence-electron chi connectivity index (χ3n) is 0. The molecular formula is K2O5SiTi. The van der Waals surface area contributed by atoms with Crippen molar-refractivity contribution in [2.75, 3.05) is 0 Å². The Bertz CT molecular complexity index is 83.0. The molecule has 0 atom stereocenters. The van der Waals surface area contributed by atoms with E-state index >= 15 is 0 Å².